The Morgan fingerprint density at radius 1 is 1.07 bits per heavy atom. The van der Waals surface area contributed by atoms with E-state index >= 15 is 0 Å². The Morgan fingerprint density at radius 3 is 2.41 bits per heavy atom. The second-order valence-electron chi connectivity index (χ2n) is 7.41. The average Bonchev–Trinajstić information content (AvgIpc) is 3.16. The third kappa shape index (κ3) is 2.84. The van der Waals surface area contributed by atoms with Gasteiger partial charge in [-0.25, -0.2) is 0 Å². The summed E-state index contributed by atoms with van der Waals surface area (Å²) < 4.78 is 11.1. The highest BCUT2D eigenvalue weighted by atomic mass is 16.6. The predicted molar refractivity (Wildman–Crippen MR) is 103 cm³/mol. The van der Waals surface area contributed by atoms with Crippen LogP contribution in [-0.4, -0.2) is 25.7 Å². The van der Waals surface area contributed by atoms with E-state index in [9.17, 15) is 10.1 Å². The fourth-order valence-corrected chi connectivity index (χ4v) is 4.77. The fraction of sp³-hybridized carbons (Fsp3) is 0.429. The van der Waals surface area contributed by atoms with Crippen LogP contribution in [0.2, 0.25) is 0 Å². The Labute approximate surface area is 158 Å². The lowest BCUT2D eigenvalue weighted by atomic mass is 9.71. The zero-order chi connectivity index (χ0) is 19.0. The Bertz CT molecular complexity index is 874. The number of nitro benzene ring substituents is 1. The first-order valence-electron chi connectivity index (χ1n) is 9.33. The van der Waals surface area contributed by atoms with Gasteiger partial charge in [-0.05, 0) is 36.1 Å². The third-order valence-corrected chi connectivity index (χ3v) is 6.09. The monoisotopic (exact) mass is 368 g/mol. The van der Waals surface area contributed by atoms with E-state index in [-0.39, 0.29) is 22.1 Å². The molecule has 6 nitrogen and oxygen atoms in total. The minimum Gasteiger partial charge on any atom is -0.493 e. The van der Waals surface area contributed by atoms with E-state index < -0.39 is 0 Å². The Hall–Kier alpha value is -2.60. The van der Waals surface area contributed by atoms with E-state index in [0.29, 0.717) is 17.1 Å². The lowest BCUT2D eigenvalue weighted by molar-refractivity contribution is -0.385. The lowest BCUT2D eigenvalue weighted by Crippen LogP contribution is -2.44. The molecule has 2 aromatic rings. The Kier molecular flexibility index (Phi) is 4.52. The van der Waals surface area contributed by atoms with E-state index in [1.807, 2.05) is 18.2 Å². The van der Waals surface area contributed by atoms with Crippen LogP contribution in [0.4, 0.5) is 5.69 Å². The normalized spacial score (nSPS) is 20.3. The van der Waals surface area contributed by atoms with Crippen molar-refractivity contribution in [3.8, 4) is 11.5 Å². The summed E-state index contributed by atoms with van der Waals surface area (Å²) in [6, 6.07) is 10.8. The van der Waals surface area contributed by atoms with Crippen LogP contribution in [0.1, 0.15) is 48.4 Å². The van der Waals surface area contributed by atoms with E-state index in [1.54, 1.807) is 26.4 Å². The van der Waals surface area contributed by atoms with Crippen LogP contribution < -0.4 is 14.8 Å². The van der Waals surface area contributed by atoms with E-state index in [2.05, 4.69) is 11.4 Å². The van der Waals surface area contributed by atoms with Gasteiger partial charge in [0.05, 0.1) is 30.7 Å². The molecule has 4 rings (SSSR count). The molecule has 1 spiro atoms. The maximum Gasteiger partial charge on any atom is 0.274 e. The number of para-hydroxylation sites is 1. The van der Waals surface area contributed by atoms with Crippen molar-refractivity contribution < 1.29 is 14.4 Å². The number of hydrogen-bond acceptors (Lipinski definition) is 5. The molecular formula is C21H24N2O4. The van der Waals surface area contributed by atoms with Gasteiger partial charge in [0.15, 0.2) is 11.5 Å². The molecule has 142 valence electrons. The Morgan fingerprint density at radius 2 is 1.74 bits per heavy atom. The van der Waals surface area contributed by atoms with Crippen molar-refractivity contribution >= 4 is 5.69 Å². The Balaban J connectivity index is 1.92. The summed E-state index contributed by atoms with van der Waals surface area (Å²) in [6.45, 7) is 0.812. The molecular weight excluding hydrogens is 344 g/mol. The summed E-state index contributed by atoms with van der Waals surface area (Å²) in [4.78, 5) is 11.3. The van der Waals surface area contributed by atoms with Crippen molar-refractivity contribution in [2.24, 2.45) is 0 Å². The van der Waals surface area contributed by atoms with E-state index in [0.717, 1.165) is 24.9 Å². The molecule has 0 amide bonds. The molecule has 1 heterocycles. The number of nitrogens with zero attached hydrogens (tertiary/aromatic N) is 1. The van der Waals surface area contributed by atoms with Crippen molar-refractivity contribution in [3.05, 3.63) is 63.2 Å². The molecule has 1 N–H and O–H groups in total. The minimum absolute atomic E-state index is 0.0644. The van der Waals surface area contributed by atoms with Crippen LogP contribution in [0.5, 0.6) is 11.5 Å². The third-order valence-electron chi connectivity index (χ3n) is 6.09. The zero-order valence-corrected chi connectivity index (χ0v) is 15.7. The highest BCUT2D eigenvalue weighted by molar-refractivity contribution is 5.57. The molecule has 1 aliphatic heterocycles. The highest BCUT2D eigenvalue weighted by Crippen LogP contribution is 2.50. The standard InChI is InChI=1S/C21H24N2O4/c1-26-18-11-15-16(12-19(18)27-2)21(9-5-6-10-21)13-22-20(15)14-7-3-4-8-17(14)23(24)25/h3-4,7-8,11-12,20,22H,5-6,9-10,13H2,1-2H3. The minimum atomic E-state index is -0.308. The van der Waals surface area contributed by atoms with Crippen molar-refractivity contribution in [2.45, 2.75) is 37.1 Å². The van der Waals surface area contributed by atoms with E-state index in [4.69, 9.17) is 9.47 Å². The van der Waals surface area contributed by atoms with Gasteiger partial charge in [0.2, 0.25) is 0 Å². The maximum absolute atomic E-state index is 11.6. The van der Waals surface area contributed by atoms with Crippen LogP contribution in [0.25, 0.3) is 0 Å². The molecule has 6 heteroatoms. The molecule has 1 fully saturated rings. The van der Waals surface area contributed by atoms with Gasteiger partial charge in [0, 0.05) is 18.0 Å². The summed E-state index contributed by atoms with van der Waals surface area (Å²) in [5.41, 5.74) is 3.17. The van der Waals surface area contributed by atoms with Crippen LogP contribution in [0.15, 0.2) is 36.4 Å². The number of benzene rings is 2. The number of nitro groups is 1. The van der Waals surface area contributed by atoms with Crippen molar-refractivity contribution in [2.75, 3.05) is 20.8 Å². The molecule has 2 aliphatic rings. The van der Waals surface area contributed by atoms with Crippen LogP contribution in [-0.2, 0) is 5.41 Å². The molecule has 1 atom stereocenters. The number of hydrogen-bond donors (Lipinski definition) is 1. The summed E-state index contributed by atoms with van der Waals surface area (Å²) >= 11 is 0. The van der Waals surface area contributed by atoms with Crippen molar-refractivity contribution in [3.63, 3.8) is 0 Å². The summed E-state index contributed by atoms with van der Waals surface area (Å²) in [7, 11) is 3.26. The summed E-state index contributed by atoms with van der Waals surface area (Å²) in [6.07, 6.45) is 4.63. The topological polar surface area (TPSA) is 73.6 Å². The van der Waals surface area contributed by atoms with Gasteiger partial charge < -0.3 is 14.8 Å². The number of ether oxygens (including phenoxy) is 2. The van der Waals surface area contributed by atoms with Gasteiger partial charge in [-0.15, -0.1) is 0 Å². The first-order valence-corrected chi connectivity index (χ1v) is 9.33. The summed E-state index contributed by atoms with van der Waals surface area (Å²) in [5, 5.41) is 15.2. The van der Waals surface area contributed by atoms with Crippen LogP contribution >= 0.6 is 0 Å². The van der Waals surface area contributed by atoms with Gasteiger partial charge in [0.1, 0.15) is 0 Å². The SMILES string of the molecule is COc1cc2c(cc1OC)C1(CCCC1)CNC2c1ccccc1[N+](=O)[O-]. The molecule has 1 saturated carbocycles. The quantitative estimate of drug-likeness (QED) is 0.649. The number of methoxy groups -OCH3 is 2. The van der Waals surface area contributed by atoms with Crippen LogP contribution in [0, 0.1) is 10.1 Å². The number of fused-ring (bicyclic) bond motifs is 2. The molecule has 0 bridgehead atoms. The molecule has 0 aromatic heterocycles. The largest absolute Gasteiger partial charge is 0.493 e. The average molecular weight is 368 g/mol. The zero-order valence-electron chi connectivity index (χ0n) is 15.7. The lowest BCUT2D eigenvalue weighted by Gasteiger charge is -2.41. The van der Waals surface area contributed by atoms with Gasteiger partial charge >= 0.3 is 0 Å². The molecule has 1 aliphatic carbocycles. The molecule has 2 aromatic carbocycles. The summed E-state index contributed by atoms with van der Waals surface area (Å²) in [5.74, 6) is 1.36. The predicted octanol–water partition coefficient (Wildman–Crippen LogP) is 4.12. The van der Waals surface area contributed by atoms with Crippen molar-refractivity contribution in [1.82, 2.24) is 5.32 Å². The van der Waals surface area contributed by atoms with Crippen molar-refractivity contribution in [1.29, 1.82) is 0 Å². The fourth-order valence-electron chi connectivity index (χ4n) is 4.77. The molecule has 0 radical (unpaired) electrons. The van der Waals surface area contributed by atoms with E-state index in [1.165, 1.54) is 18.4 Å². The smallest absolute Gasteiger partial charge is 0.274 e. The number of rotatable bonds is 4. The van der Waals surface area contributed by atoms with Gasteiger partial charge in [0.25, 0.3) is 5.69 Å². The molecule has 1 unspecified atom stereocenters. The molecule has 27 heavy (non-hydrogen) atoms. The second kappa shape index (κ2) is 6.85. The van der Waals surface area contributed by atoms with Crippen LogP contribution in [0.3, 0.4) is 0 Å². The number of nitrogens with one attached hydrogen (secondary N) is 1. The van der Waals surface area contributed by atoms with Gasteiger partial charge in [-0.3, -0.25) is 10.1 Å². The second-order valence-corrected chi connectivity index (χ2v) is 7.41. The molecule has 0 saturated heterocycles. The highest BCUT2D eigenvalue weighted by Gasteiger charge is 2.43. The first-order chi connectivity index (χ1) is 13.1. The van der Waals surface area contributed by atoms with Gasteiger partial charge in [-0.2, -0.15) is 0 Å². The maximum atomic E-state index is 11.6. The van der Waals surface area contributed by atoms with Gasteiger partial charge in [-0.1, -0.05) is 31.0 Å². The first kappa shape index (κ1) is 17.8.